The molecule has 1 aromatic carbocycles. The molecule has 0 bridgehead atoms. The van der Waals surface area contributed by atoms with Crippen LogP contribution in [-0.2, 0) is 13.2 Å². The van der Waals surface area contributed by atoms with Gasteiger partial charge in [0, 0.05) is 5.56 Å². The van der Waals surface area contributed by atoms with E-state index in [1.165, 1.54) is 0 Å². The summed E-state index contributed by atoms with van der Waals surface area (Å²) in [6.45, 7) is 0.391. The highest BCUT2D eigenvalue weighted by atomic mass is 16.5. The van der Waals surface area contributed by atoms with Crippen LogP contribution < -0.4 is 9.47 Å². The number of rotatable bonds is 5. The molecule has 1 N–H and O–H groups in total. The molecule has 0 saturated heterocycles. The molecule has 0 saturated carbocycles. The van der Waals surface area contributed by atoms with E-state index in [-0.39, 0.29) is 6.61 Å². The largest absolute Gasteiger partial charge is 0.497 e. The van der Waals surface area contributed by atoms with Crippen molar-refractivity contribution in [3.8, 4) is 11.5 Å². The van der Waals surface area contributed by atoms with Crippen LogP contribution in [0.5, 0.6) is 11.5 Å². The maximum absolute atomic E-state index is 8.94. The Kier molecular flexibility index (Phi) is 3.78. The molecule has 2 aromatic rings. The molecule has 0 aliphatic carbocycles. The molecule has 0 atom stereocenters. The van der Waals surface area contributed by atoms with Gasteiger partial charge in [0.15, 0.2) is 0 Å². The molecular weight excluding hydrogens is 234 g/mol. The highest BCUT2D eigenvalue weighted by Crippen LogP contribution is 2.24. The van der Waals surface area contributed by atoms with E-state index in [0.29, 0.717) is 12.2 Å². The third-order valence-corrected chi connectivity index (χ3v) is 2.57. The SMILES string of the molecule is COc1ccc(OC)c(Cn2cc(CO)nn2)c1. The topological polar surface area (TPSA) is 69.4 Å². The van der Waals surface area contributed by atoms with Crippen molar-refractivity contribution < 1.29 is 14.6 Å². The maximum atomic E-state index is 8.94. The minimum atomic E-state index is -0.116. The van der Waals surface area contributed by atoms with E-state index in [4.69, 9.17) is 14.6 Å². The standard InChI is InChI=1S/C12H15N3O3/c1-17-11-3-4-12(18-2)9(5-11)6-15-7-10(8-16)13-14-15/h3-5,7,16H,6,8H2,1-2H3. The Morgan fingerprint density at radius 1 is 1.28 bits per heavy atom. The van der Waals surface area contributed by atoms with E-state index in [1.54, 1.807) is 25.1 Å². The predicted octanol–water partition coefficient (Wildman–Crippen LogP) is 0.836. The Morgan fingerprint density at radius 2 is 2.11 bits per heavy atom. The van der Waals surface area contributed by atoms with Crippen molar-refractivity contribution in [3.05, 3.63) is 35.7 Å². The van der Waals surface area contributed by atoms with Gasteiger partial charge in [-0.2, -0.15) is 0 Å². The van der Waals surface area contributed by atoms with Crippen LogP contribution in [0.25, 0.3) is 0 Å². The molecule has 6 nitrogen and oxygen atoms in total. The van der Waals surface area contributed by atoms with Crippen molar-refractivity contribution in [1.82, 2.24) is 15.0 Å². The van der Waals surface area contributed by atoms with Crippen molar-refractivity contribution in [2.24, 2.45) is 0 Å². The number of ether oxygens (including phenoxy) is 2. The first-order valence-electron chi connectivity index (χ1n) is 5.47. The Bertz CT molecular complexity index is 525. The molecule has 0 aliphatic heterocycles. The molecule has 0 radical (unpaired) electrons. The summed E-state index contributed by atoms with van der Waals surface area (Å²) in [5.74, 6) is 1.52. The van der Waals surface area contributed by atoms with E-state index in [9.17, 15) is 0 Å². The Labute approximate surface area is 105 Å². The third kappa shape index (κ3) is 2.60. The minimum Gasteiger partial charge on any atom is -0.497 e. The van der Waals surface area contributed by atoms with Crippen LogP contribution in [0.1, 0.15) is 11.3 Å². The Balaban J connectivity index is 2.25. The van der Waals surface area contributed by atoms with Crippen LogP contribution in [0, 0.1) is 0 Å². The highest BCUT2D eigenvalue weighted by molar-refractivity contribution is 5.40. The molecule has 18 heavy (non-hydrogen) atoms. The van der Waals surface area contributed by atoms with Crippen molar-refractivity contribution in [3.63, 3.8) is 0 Å². The van der Waals surface area contributed by atoms with E-state index >= 15 is 0 Å². The smallest absolute Gasteiger partial charge is 0.124 e. The Hall–Kier alpha value is -2.08. The number of aromatic nitrogens is 3. The normalized spacial score (nSPS) is 10.4. The van der Waals surface area contributed by atoms with Crippen molar-refractivity contribution in [2.75, 3.05) is 14.2 Å². The fourth-order valence-corrected chi connectivity index (χ4v) is 1.67. The molecule has 6 heteroatoms. The van der Waals surface area contributed by atoms with E-state index in [2.05, 4.69) is 10.3 Å². The lowest BCUT2D eigenvalue weighted by Crippen LogP contribution is -2.03. The van der Waals surface area contributed by atoms with Gasteiger partial charge in [0.2, 0.25) is 0 Å². The summed E-state index contributed by atoms with van der Waals surface area (Å²) in [6, 6.07) is 5.57. The fourth-order valence-electron chi connectivity index (χ4n) is 1.67. The van der Waals surface area contributed by atoms with Crippen LogP contribution in [0.15, 0.2) is 24.4 Å². The van der Waals surface area contributed by atoms with E-state index < -0.39 is 0 Å². The van der Waals surface area contributed by atoms with Crippen LogP contribution in [0.3, 0.4) is 0 Å². The molecule has 0 fully saturated rings. The molecule has 0 spiro atoms. The van der Waals surface area contributed by atoms with Gasteiger partial charge in [-0.25, -0.2) is 4.68 Å². The van der Waals surface area contributed by atoms with Gasteiger partial charge in [0.1, 0.15) is 17.2 Å². The summed E-state index contributed by atoms with van der Waals surface area (Å²) in [7, 11) is 3.23. The number of methoxy groups -OCH3 is 2. The molecule has 1 heterocycles. The first-order valence-corrected chi connectivity index (χ1v) is 5.47. The average Bonchev–Trinajstić information content (AvgIpc) is 2.86. The lowest BCUT2D eigenvalue weighted by Gasteiger charge is -2.10. The number of aliphatic hydroxyl groups excluding tert-OH is 1. The monoisotopic (exact) mass is 249 g/mol. The maximum Gasteiger partial charge on any atom is 0.124 e. The van der Waals surface area contributed by atoms with Gasteiger partial charge >= 0.3 is 0 Å². The lowest BCUT2D eigenvalue weighted by molar-refractivity contribution is 0.276. The second kappa shape index (κ2) is 5.50. The number of hydrogen-bond donors (Lipinski definition) is 1. The summed E-state index contributed by atoms with van der Waals surface area (Å²) in [5, 5.41) is 16.7. The first kappa shape index (κ1) is 12.4. The molecule has 1 aromatic heterocycles. The lowest BCUT2D eigenvalue weighted by atomic mass is 10.2. The number of hydrogen-bond acceptors (Lipinski definition) is 5. The molecule has 2 rings (SSSR count). The molecule has 0 amide bonds. The van der Waals surface area contributed by atoms with Crippen molar-refractivity contribution >= 4 is 0 Å². The molecule has 0 unspecified atom stereocenters. The predicted molar refractivity (Wildman–Crippen MR) is 64.6 cm³/mol. The third-order valence-electron chi connectivity index (χ3n) is 2.57. The van der Waals surface area contributed by atoms with Crippen LogP contribution >= 0.6 is 0 Å². The number of aliphatic hydroxyl groups is 1. The zero-order valence-corrected chi connectivity index (χ0v) is 10.3. The average molecular weight is 249 g/mol. The van der Waals surface area contributed by atoms with Gasteiger partial charge in [-0.15, -0.1) is 5.10 Å². The first-order chi connectivity index (χ1) is 8.76. The summed E-state index contributed by atoms with van der Waals surface area (Å²) in [4.78, 5) is 0. The molecule has 96 valence electrons. The van der Waals surface area contributed by atoms with Gasteiger partial charge < -0.3 is 14.6 Å². The minimum absolute atomic E-state index is 0.116. The van der Waals surface area contributed by atoms with Gasteiger partial charge in [0.05, 0.1) is 33.6 Å². The second-order valence-corrected chi connectivity index (χ2v) is 3.74. The summed E-state index contributed by atoms with van der Waals surface area (Å²) >= 11 is 0. The summed E-state index contributed by atoms with van der Waals surface area (Å²) < 4.78 is 12.1. The Morgan fingerprint density at radius 3 is 2.72 bits per heavy atom. The molecule has 0 aliphatic rings. The zero-order valence-electron chi connectivity index (χ0n) is 10.3. The van der Waals surface area contributed by atoms with Gasteiger partial charge in [-0.3, -0.25) is 0 Å². The second-order valence-electron chi connectivity index (χ2n) is 3.74. The highest BCUT2D eigenvalue weighted by Gasteiger charge is 2.07. The van der Waals surface area contributed by atoms with E-state index in [1.807, 2.05) is 18.2 Å². The van der Waals surface area contributed by atoms with Gasteiger partial charge in [-0.1, -0.05) is 5.21 Å². The zero-order chi connectivity index (χ0) is 13.0. The quantitative estimate of drug-likeness (QED) is 0.850. The number of benzene rings is 1. The van der Waals surface area contributed by atoms with Gasteiger partial charge in [-0.05, 0) is 18.2 Å². The van der Waals surface area contributed by atoms with Gasteiger partial charge in [0.25, 0.3) is 0 Å². The van der Waals surface area contributed by atoms with Crippen LogP contribution in [0.2, 0.25) is 0 Å². The number of nitrogens with zero attached hydrogens (tertiary/aromatic N) is 3. The van der Waals surface area contributed by atoms with Crippen LogP contribution in [-0.4, -0.2) is 34.3 Å². The molecular formula is C12H15N3O3. The summed E-state index contributed by atoms with van der Waals surface area (Å²) in [6.07, 6.45) is 1.69. The van der Waals surface area contributed by atoms with Crippen molar-refractivity contribution in [2.45, 2.75) is 13.2 Å². The summed E-state index contributed by atoms with van der Waals surface area (Å²) in [5.41, 5.74) is 1.48. The van der Waals surface area contributed by atoms with Crippen molar-refractivity contribution in [1.29, 1.82) is 0 Å². The van der Waals surface area contributed by atoms with E-state index in [0.717, 1.165) is 17.1 Å². The fraction of sp³-hybridized carbons (Fsp3) is 0.333. The van der Waals surface area contributed by atoms with Crippen LogP contribution in [0.4, 0.5) is 0 Å².